The van der Waals surface area contributed by atoms with Gasteiger partial charge in [0.25, 0.3) is 0 Å². The lowest BCUT2D eigenvalue weighted by molar-refractivity contribution is 0.0483. The number of carbonyl (C=O) groups is 1. The van der Waals surface area contributed by atoms with E-state index in [1.54, 1.807) is 39.0 Å². The number of halogens is 2. The number of hydrogen-bond acceptors (Lipinski definition) is 3. The van der Waals surface area contributed by atoms with Crippen LogP contribution in [0.5, 0.6) is 0 Å². The maximum atomic E-state index is 11.7. The molecule has 4 nitrogen and oxygen atoms in total. The van der Waals surface area contributed by atoms with E-state index in [-0.39, 0.29) is 6.61 Å². The van der Waals surface area contributed by atoms with E-state index in [0.29, 0.717) is 16.5 Å². The average molecular weight is 320 g/mol. The van der Waals surface area contributed by atoms with Crippen LogP contribution in [0.2, 0.25) is 10.0 Å². The fraction of sp³-hybridized carbons (Fsp3) is 0.500. The summed E-state index contributed by atoms with van der Waals surface area (Å²) in [5.74, 6) is 0. The van der Waals surface area contributed by atoms with E-state index in [4.69, 9.17) is 27.9 Å². The SMILES string of the molecule is CC(C)(C)OC(=O)N[C@H](CO)Cc1ccc(Cl)cc1Cl. The molecule has 0 aliphatic rings. The van der Waals surface area contributed by atoms with Gasteiger partial charge in [-0.3, -0.25) is 0 Å². The highest BCUT2D eigenvalue weighted by atomic mass is 35.5. The second-order valence-electron chi connectivity index (χ2n) is 5.47. The molecule has 112 valence electrons. The van der Waals surface area contributed by atoms with Gasteiger partial charge in [0.2, 0.25) is 0 Å². The molecule has 0 saturated carbocycles. The molecule has 1 aromatic rings. The van der Waals surface area contributed by atoms with Crippen molar-refractivity contribution in [1.29, 1.82) is 0 Å². The van der Waals surface area contributed by atoms with Crippen molar-refractivity contribution in [2.75, 3.05) is 6.61 Å². The molecule has 0 aromatic heterocycles. The number of aliphatic hydroxyl groups excluding tert-OH is 1. The number of hydrogen-bond donors (Lipinski definition) is 2. The zero-order valence-corrected chi connectivity index (χ0v) is 13.3. The molecule has 20 heavy (non-hydrogen) atoms. The standard InChI is InChI=1S/C14H19Cl2NO3/c1-14(2,3)20-13(19)17-11(8-18)6-9-4-5-10(15)7-12(9)16/h4-5,7,11,18H,6,8H2,1-3H3,(H,17,19)/t11-/m0/s1. The Labute approximate surface area is 129 Å². The first-order valence-electron chi connectivity index (χ1n) is 6.25. The largest absolute Gasteiger partial charge is 0.444 e. The van der Waals surface area contributed by atoms with E-state index in [2.05, 4.69) is 5.32 Å². The van der Waals surface area contributed by atoms with Gasteiger partial charge in [0, 0.05) is 10.0 Å². The highest BCUT2D eigenvalue weighted by molar-refractivity contribution is 6.35. The second-order valence-corrected chi connectivity index (χ2v) is 6.31. The summed E-state index contributed by atoms with van der Waals surface area (Å²) in [7, 11) is 0. The summed E-state index contributed by atoms with van der Waals surface area (Å²) in [4.78, 5) is 11.7. The normalized spacial score (nSPS) is 12.9. The highest BCUT2D eigenvalue weighted by Gasteiger charge is 2.20. The number of aliphatic hydroxyl groups is 1. The fourth-order valence-corrected chi connectivity index (χ4v) is 2.07. The van der Waals surface area contributed by atoms with Crippen molar-refractivity contribution in [3.05, 3.63) is 33.8 Å². The summed E-state index contributed by atoms with van der Waals surface area (Å²) in [6.45, 7) is 5.11. The lowest BCUT2D eigenvalue weighted by Crippen LogP contribution is -2.42. The van der Waals surface area contributed by atoms with Crippen LogP contribution in [0.25, 0.3) is 0 Å². The Hall–Kier alpha value is -0.970. The van der Waals surface area contributed by atoms with Gasteiger partial charge < -0.3 is 15.2 Å². The molecule has 1 rings (SSSR count). The first-order valence-corrected chi connectivity index (χ1v) is 7.01. The number of ether oxygens (including phenoxy) is 1. The predicted molar refractivity (Wildman–Crippen MR) is 80.4 cm³/mol. The Balaban J connectivity index is 2.65. The van der Waals surface area contributed by atoms with E-state index < -0.39 is 17.7 Å². The third-order valence-electron chi connectivity index (χ3n) is 2.42. The predicted octanol–water partition coefficient (Wildman–Crippen LogP) is 3.42. The minimum Gasteiger partial charge on any atom is -0.444 e. The zero-order chi connectivity index (χ0) is 15.3. The lowest BCUT2D eigenvalue weighted by atomic mass is 10.1. The molecule has 0 heterocycles. The zero-order valence-electron chi connectivity index (χ0n) is 11.7. The molecule has 2 N–H and O–H groups in total. The van der Waals surface area contributed by atoms with Crippen LogP contribution >= 0.6 is 23.2 Å². The van der Waals surface area contributed by atoms with Crippen LogP contribution in [-0.2, 0) is 11.2 Å². The first kappa shape index (κ1) is 17.1. The van der Waals surface area contributed by atoms with Crippen LogP contribution in [0.3, 0.4) is 0 Å². The van der Waals surface area contributed by atoms with Gasteiger partial charge >= 0.3 is 6.09 Å². The maximum absolute atomic E-state index is 11.7. The van der Waals surface area contributed by atoms with E-state index >= 15 is 0 Å². The molecule has 0 unspecified atom stereocenters. The van der Waals surface area contributed by atoms with Gasteiger partial charge in [0.05, 0.1) is 12.6 Å². The maximum Gasteiger partial charge on any atom is 0.407 e. The molecule has 1 amide bonds. The molecule has 0 fully saturated rings. The van der Waals surface area contributed by atoms with Crippen molar-refractivity contribution in [2.45, 2.75) is 38.8 Å². The van der Waals surface area contributed by atoms with E-state index in [1.165, 1.54) is 0 Å². The second kappa shape index (κ2) is 7.16. The molecule has 0 radical (unpaired) electrons. The van der Waals surface area contributed by atoms with Crippen molar-refractivity contribution in [3.63, 3.8) is 0 Å². The van der Waals surface area contributed by atoms with Crippen molar-refractivity contribution in [1.82, 2.24) is 5.32 Å². The average Bonchev–Trinajstić information content (AvgIpc) is 2.29. The molecule has 1 aromatic carbocycles. The minimum absolute atomic E-state index is 0.210. The summed E-state index contributed by atoms with van der Waals surface area (Å²) in [5, 5.41) is 13.0. The number of alkyl carbamates (subject to hydrolysis) is 1. The third kappa shape index (κ3) is 5.99. The van der Waals surface area contributed by atoms with Crippen LogP contribution in [0, 0.1) is 0 Å². The Morgan fingerprint density at radius 2 is 2.05 bits per heavy atom. The summed E-state index contributed by atoms with van der Waals surface area (Å²) in [6, 6.07) is 4.64. The van der Waals surface area contributed by atoms with Crippen LogP contribution in [0.15, 0.2) is 18.2 Å². The van der Waals surface area contributed by atoms with Gasteiger partial charge in [-0.15, -0.1) is 0 Å². The van der Waals surface area contributed by atoms with Gasteiger partial charge in [-0.05, 0) is 44.9 Å². The van der Waals surface area contributed by atoms with Crippen LogP contribution in [0.4, 0.5) is 4.79 Å². The molecule has 0 aliphatic heterocycles. The number of benzene rings is 1. The van der Waals surface area contributed by atoms with Gasteiger partial charge in [-0.25, -0.2) is 4.79 Å². The number of amides is 1. The Kier molecular flexibility index (Phi) is 6.11. The third-order valence-corrected chi connectivity index (χ3v) is 3.01. The summed E-state index contributed by atoms with van der Waals surface area (Å²) in [6.07, 6.45) is -0.173. The van der Waals surface area contributed by atoms with E-state index in [0.717, 1.165) is 5.56 Å². The summed E-state index contributed by atoms with van der Waals surface area (Å²) in [5.41, 5.74) is 0.216. The van der Waals surface area contributed by atoms with Crippen LogP contribution in [-0.4, -0.2) is 29.4 Å². The van der Waals surface area contributed by atoms with Gasteiger partial charge in [0.15, 0.2) is 0 Å². The Morgan fingerprint density at radius 1 is 1.40 bits per heavy atom. The Bertz CT molecular complexity index is 472. The van der Waals surface area contributed by atoms with Crippen molar-refractivity contribution < 1.29 is 14.6 Å². The van der Waals surface area contributed by atoms with Gasteiger partial charge in [0.1, 0.15) is 5.60 Å². The molecular formula is C14H19Cl2NO3. The number of carbonyl (C=O) groups excluding carboxylic acids is 1. The topological polar surface area (TPSA) is 58.6 Å². The smallest absolute Gasteiger partial charge is 0.407 e. The number of rotatable bonds is 4. The fourth-order valence-electron chi connectivity index (χ4n) is 1.59. The molecule has 0 spiro atoms. The van der Waals surface area contributed by atoms with E-state index in [9.17, 15) is 9.90 Å². The minimum atomic E-state index is -0.581. The van der Waals surface area contributed by atoms with Crippen molar-refractivity contribution in [2.24, 2.45) is 0 Å². The molecule has 0 saturated heterocycles. The van der Waals surface area contributed by atoms with E-state index in [1.807, 2.05) is 0 Å². The van der Waals surface area contributed by atoms with Crippen LogP contribution < -0.4 is 5.32 Å². The molecular weight excluding hydrogens is 301 g/mol. The quantitative estimate of drug-likeness (QED) is 0.894. The van der Waals surface area contributed by atoms with Crippen molar-refractivity contribution in [3.8, 4) is 0 Å². The number of nitrogens with one attached hydrogen (secondary N) is 1. The van der Waals surface area contributed by atoms with Gasteiger partial charge in [-0.1, -0.05) is 29.3 Å². The molecule has 0 aliphatic carbocycles. The molecule has 6 heteroatoms. The summed E-state index contributed by atoms with van der Waals surface area (Å²) >= 11 is 11.9. The molecule has 1 atom stereocenters. The lowest BCUT2D eigenvalue weighted by Gasteiger charge is -2.23. The monoisotopic (exact) mass is 319 g/mol. The first-order chi connectivity index (χ1) is 9.21. The van der Waals surface area contributed by atoms with Crippen molar-refractivity contribution >= 4 is 29.3 Å². The summed E-state index contributed by atoms with van der Waals surface area (Å²) < 4.78 is 5.14. The van der Waals surface area contributed by atoms with Gasteiger partial charge in [-0.2, -0.15) is 0 Å². The highest BCUT2D eigenvalue weighted by Crippen LogP contribution is 2.22. The van der Waals surface area contributed by atoms with Crippen LogP contribution in [0.1, 0.15) is 26.3 Å². The Morgan fingerprint density at radius 3 is 2.55 bits per heavy atom. The molecule has 0 bridgehead atoms.